The maximum atomic E-state index is 5.96. The van der Waals surface area contributed by atoms with Gasteiger partial charge >= 0.3 is 0 Å². The second-order valence-corrected chi connectivity index (χ2v) is 4.31. The maximum absolute atomic E-state index is 5.96. The van der Waals surface area contributed by atoms with Crippen LogP contribution in [0, 0.1) is 6.92 Å². The molecule has 0 amide bonds. The van der Waals surface area contributed by atoms with Gasteiger partial charge in [-0.15, -0.1) is 0 Å². The highest BCUT2D eigenvalue weighted by atomic mass is 35.5. The number of aryl methyl sites for hydroxylation is 1. The van der Waals surface area contributed by atoms with Crippen LogP contribution < -0.4 is 5.73 Å². The molecule has 0 spiro atoms. The van der Waals surface area contributed by atoms with Gasteiger partial charge in [0.15, 0.2) is 0 Å². The van der Waals surface area contributed by atoms with E-state index in [1.54, 1.807) is 16.8 Å². The largest absolute Gasteiger partial charge is 0.325 e. The molecule has 2 N–H and O–H groups in total. The number of hydrogen-bond acceptors (Lipinski definition) is 2. The maximum Gasteiger partial charge on any atom is 0.0767 e. The Balaban J connectivity index is 2.49. The van der Waals surface area contributed by atoms with Crippen LogP contribution in [0.5, 0.6) is 0 Å². The lowest BCUT2D eigenvalue weighted by atomic mass is 10.3. The standard InChI is InChI=1S/C11H11Cl2N3/c1-7-4-8(6-14)15-16(7)9-2-3-10(12)11(13)5-9/h2-5H,6,14H2,1H3. The van der Waals surface area contributed by atoms with Crippen molar-refractivity contribution in [1.82, 2.24) is 9.78 Å². The van der Waals surface area contributed by atoms with Crippen molar-refractivity contribution >= 4 is 23.2 Å². The average Bonchev–Trinajstić information content (AvgIpc) is 2.64. The van der Waals surface area contributed by atoms with Gasteiger partial charge in [-0.05, 0) is 31.2 Å². The Labute approximate surface area is 104 Å². The van der Waals surface area contributed by atoms with Crippen LogP contribution in [0.15, 0.2) is 24.3 Å². The zero-order valence-electron chi connectivity index (χ0n) is 8.74. The Morgan fingerprint density at radius 1 is 1.25 bits per heavy atom. The molecule has 0 aliphatic heterocycles. The normalized spacial score (nSPS) is 10.8. The number of aromatic nitrogens is 2. The smallest absolute Gasteiger partial charge is 0.0767 e. The van der Waals surface area contributed by atoms with Gasteiger partial charge in [0.25, 0.3) is 0 Å². The van der Waals surface area contributed by atoms with Crippen LogP contribution in [0.1, 0.15) is 11.4 Å². The molecule has 0 bridgehead atoms. The highest BCUT2D eigenvalue weighted by Gasteiger charge is 2.06. The van der Waals surface area contributed by atoms with Gasteiger partial charge in [-0.25, -0.2) is 4.68 Å². The van der Waals surface area contributed by atoms with Crippen LogP contribution in [0.25, 0.3) is 5.69 Å². The molecular formula is C11H11Cl2N3. The van der Waals surface area contributed by atoms with Crippen LogP contribution in [0.2, 0.25) is 10.0 Å². The van der Waals surface area contributed by atoms with Crippen LogP contribution in [-0.4, -0.2) is 9.78 Å². The Kier molecular flexibility index (Phi) is 3.19. The number of benzene rings is 1. The summed E-state index contributed by atoms with van der Waals surface area (Å²) in [5.41, 5.74) is 8.29. The summed E-state index contributed by atoms with van der Waals surface area (Å²) < 4.78 is 1.80. The van der Waals surface area contributed by atoms with Crippen LogP contribution in [0.3, 0.4) is 0 Å². The Morgan fingerprint density at radius 3 is 2.56 bits per heavy atom. The molecule has 16 heavy (non-hydrogen) atoms. The Hall–Kier alpha value is -1.03. The van der Waals surface area contributed by atoms with Gasteiger partial charge < -0.3 is 5.73 Å². The molecule has 0 aliphatic carbocycles. The fourth-order valence-corrected chi connectivity index (χ4v) is 1.81. The molecular weight excluding hydrogens is 245 g/mol. The fraction of sp³-hybridized carbons (Fsp3) is 0.182. The van der Waals surface area contributed by atoms with Gasteiger partial charge in [0.05, 0.1) is 21.4 Å². The zero-order chi connectivity index (χ0) is 11.7. The predicted molar refractivity (Wildman–Crippen MR) is 66.2 cm³/mol. The molecule has 2 rings (SSSR count). The van der Waals surface area contributed by atoms with Crippen molar-refractivity contribution in [3.8, 4) is 5.69 Å². The first-order valence-corrected chi connectivity index (χ1v) is 5.58. The number of halogens is 2. The molecule has 84 valence electrons. The van der Waals surface area contributed by atoms with Crippen LogP contribution in [0.4, 0.5) is 0 Å². The molecule has 0 radical (unpaired) electrons. The highest BCUT2D eigenvalue weighted by Crippen LogP contribution is 2.24. The molecule has 0 saturated heterocycles. The lowest BCUT2D eigenvalue weighted by Crippen LogP contribution is -2.01. The van der Waals surface area contributed by atoms with E-state index in [1.807, 2.05) is 19.1 Å². The highest BCUT2D eigenvalue weighted by molar-refractivity contribution is 6.42. The van der Waals surface area contributed by atoms with Gasteiger partial charge in [-0.1, -0.05) is 23.2 Å². The first-order valence-electron chi connectivity index (χ1n) is 4.83. The zero-order valence-corrected chi connectivity index (χ0v) is 10.3. The van der Waals surface area contributed by atoms with E-state index in [-0.39, 0.29) is 0 Å². The first-order chi connectivity index (χ1) is 7.61. The van der Waals surface area contributed by atoms with E-state index >= 15 is 0 Å². The summed E-state index contributed by atoms with van der Waals surface area (Å²) in [5, 5.41) is 5.41. The number of nitrogens with two attached hydrogens (primary N) is 1. The molecule has 0 unspecified atom stereocenters. The van der Waals surface area contributed by atoms with Gasteiger partial charge in [0.1, 0.15) is 0 Å². The molecule has 5 heteroatoms. The summed E-state index contributed by atoms with van der Waals surface area (Å²) in [6.45, 7) is 2.39. The van der Waals surface area contributed by atoms with E-state index < -0.39 is 0 Å². The predicted octanol–water partition coefficient (Wildman–Crippen LogP) is 2.95. The average molecular weight is 256 g/mol. The van der Waals surface area contributed by atoms with E-state index in [1.165, 1.54) is 0 Å². The fourth-order valence-electron chi connectivity index (χ4n) is 1.52. The Morgan fingerprint density at radius 2 is 2.00 bits per heavy atom. The van der Waals surface area contributed by atoms with Crippen molar-refractivity contribution in [2.75, 3.05) is 0 Å². The SMILES string of the molecule is Cc1cc(CN)nn1-c1ccc(Cl)c(Cl)c1. The van der Waals surface area contributed by atoms with Crippen molar-refractivity contribution in [3.05, 3.63) is 45.7 Å². The molecule has 0 atom stereocenters. The monoisotopic (exact) mass is 255 g/mol. The quantitative estimate of drug-likeness (QED) is 0.897. The van der Waals surface area contributed by atoms with Gasteiger partial charge in [0, 0.05) is 12.2 Å². The first kappa shape index (κ1) is 11.5. The lowest BCUT2D eigenvalue weighted by molar-refractivity contribution is 0.812. The summed E-state index contributed by atoms with van der Waals surface area (Å²) in [6, 6.07) is 7.35. The number of hydrogen-bond donors (Lipinski definition) is 1. The summed E-state index contributed by atoms with van der Waals surface area (Å²) in [4.78, 5) is 0. The summed E-state index contributed by atoms with van der Waals surface area (Å²) in [7, 11) is 0. The van der Waals surface area contributed by atoms with Gasteiger partial charge in [-0.2, -0.15) is 5.10 Å². The van der Waals surface area contributed by atoms with E-state index in [0.717, 1.165) is 17.1 Å². The molecule has 0 saturated carbocycles. The topological polar surface area (TPSA) is 43.8 Å². The van der Waals surface area contributed by atoms with Crippen molar-refractivity contribution in [2.45, 2.75) is 13.5 Å². The second kappa shape index (κ2) is 4.45. The minimum Gasteiger partial charge on any atom is -0.325 e. The number of nitrogens with zero attached hydrogens (tertiary/aromatic N) is 2. The van der Waals surface area contributed by atoms with Crippen molar-refractivity contribution in [3.63, 3.8) is 0 Å². The minimum absolute atomic E-state index is 0.426. The molecule has 0 aliphatic rings. The van der Waals surface area contributed by atoms with Crippen LogP contribution in [-0.2, 0) is 6.54 Å². The van der Waals surface area contributed by atoms with Crippen molar-refractivity contribution in [1.29, 1.82) is 0 Å². The van der Waals surface area contributed by atoms with E-state index in [2.05, 4.69) is 5.10 Å². The molecule has 1 aromatic heterocycles. The van der Waals surface area contributed by atoms with Crippen molar-refractivity contribution in [2.24, 2.45) is 5.73 Å². The van der Waals surface area contributed by atoms with Gasteiger partial charge in [-0.3, -0.25) is 0 Å². The van der Waals surface area contributed by atoms with Crippen LogP contribution >= 0.6 is 23.2 Å². The van der Waals surface area contributed by atoms with Crippen molar-refractivity contribution < 1.29 is 0 Å². The van der Waals surface area contributed by atoms with E-state index in [9.17, 15) is 0 Å². The molecule has 3 nitrogen and oxygen atoms in total. The molecule has 1 aromatic carbocycles. The minimum atomic E-state index is 0.426. The lowest BCUT2D eigenvalue weighted by Gasteiger charge is -2.05. The summed E-state index contributed by atoms with van der Waals surface area (Å²) in [6.07, 6.45) is 0. The molecule has 0 fully saturated rings. The molecule has 2 aromatic rings. The third-order valence-electron chi connectivity index (χ3n) is 2.29. The number of rotatable bonds is 2. The Bertz CT molecular complexity index is 520. The second-order valence-electron chi connectivity index (χ2n) is 3.49. The van der Waals surface area contributed by atoms with Gasteiger partial charge in [0.2, 0.25) is 0 Å². The third-order valence-corrected chi connectivity index (χ3v) is 3.03. The summed E-state index contributed by atoms with van der Waals surface area (Å²) >= 11 is 11.8. The van der Waals surface area contributed by atoms with E-state index in [4.69, 9.17) is 28.9 Å². The molecule has 1 heterocycles. The summed E-state index contributed by atoms with van der Waals surface area (Å²) in [5.74, 6) is 0. The van der Waals surface area contributed by atoms with E-state index in [0.29, 0.717) is 16.6 Å². The third kappa shape index (κ3) is 2.07.